The quantitative estimate of drug-likeness (QED) is 0.830. The maximum Gasteiger partial charge on any atom is 0.279 e. The summed E-state index contributed by atoms with van der Waals surface area (Å²) in [5.74, 6) is 0.654. The van der Waals surface area contributed by atoms with Gasteiger partial charge in [-0.1, -0.05) is 6.92 Å². The maximum atomic E-state index is 12.8. The molecular formula is C17H23FN3O2+. The van der Waals surface area contributed by atoms with Gasteiger partial charge in [0.25, 0.3) is 5.91 Å². The molecule has 2 fully saturated rings. The normalized spacial score (nSPS) is 24.3. The highest BCUT2D eigenvalue weighted by molar-refractivity contribution is 5.91. The molecule has 1 heterocycles. The second-order valence-corrected chi connectivity index (χ2v) is 6.63. The number of rotatable bonds is 4. The molecule has 2 N–H and O–H groups in total. The minimum atomic E-state index is -0.320. The number of amides is 2. The van der Waals surface area contributed by atoms with Crippen LogP contribution in [0.1, 0.15) is 13.3 Å². The van der Waals surface area contributed by atoms with Gasteiger partial charge in [-0.25, -0.2) is 4.39 Å². The van der Waals surface area contributed by atoms with E-state index < -0.39 is 0 Å². The Morgan fingerprint density at radius 1 is 1.26 bits per heavy atom. The third-order valence-corrected chi connectivity index (χ3v) is 4.75. The zero-order chi connectivity index (χ0) is 16.4. The zero-order valence-electron chi connectivity index (χ0n) is 13.3. The van der Waals surface area contributed by atoms with E-state index in [0.29, 0.717) is 18.2 Å². The molecule has 23 heavy (non-hydrogen) atoms. The summed E-state index contributed by atoms with van der Waals surface area (Å²) in [5.41, 5.74) is 0.604. The number of hydrogen-bond donors (Lipinski definition) is 2. The van der Waals surface area contributed by atoms with Crippen molar-refractivity contribution in [2.75, 3.05) is 38.0 Å². The monoisotopic (exact) mass is 320 g/mol. The summed E-state index contributed by atoms with van der Waals surface area (Å²) >= 11 is 0. The predicted molar refractivity (Wildman–Crippen MR) is 84.4 cm³/mol. The summed E-state index contributed by atoms with van der Waals surface area (Å²) in [4.78, 5) is 27.3. The third kappa shape index (κ3) is 4.07. The van der Waals surface area contributed by atoms with Gasteiger partial charge < -0.3 is 15.1 Å². The van der Waals surface area contributed by atoms with E-state index in [1.165, 1.54) is 17.0 Å². The fourth-order valence-electron chi connectivity index (χ4n) is 3.09. The van der Waals surface area contributed by atoms with Crippen LogP contribution in [0.15, 0.2) is 24.3 Å². The minimum absolute atomic E-state index is 0.0813. The van der Waals surface area contributed by atoms with Crippen molar-refractivity contribution in [3.63, 3.8) is 0 Å². The molecule has 1 aliphatic heterocycles. The fraction of sp³-hybridized carbons (Fsp3) is 0.529. The zero-order valence-corrected chi connectivity index (χ0v) is 13.3. The Kier molecular flexibility index (Phi) is 4.61. The van der Waals surface area contributed by atoms with Crippen LogP contribution in [-0.2, 0) is 9.59 Å². The topological polar surface area (TPSA) is 53.9 Å². The highest BCUT2D eigenvalue weighted by Gasteiger charge is 2.42. The smallest absolute Gasteiger partial charge is 0.279 e. The van der Waals surface area contributed by atoms with E-state index in [4.69, 9.17) is 0 Å². The second kappa shape index (κ2) is 6.66. The molecule has 2 atom stereocenters. The number of quaternary nitrogens is 1. The van der Waals surface area contributed by atoms with Crippen LogP contribution in [0.3, 0.4) is 0 Å². The van der Waals surface area contributed by atoms with Crippen molar-refractivity contribution >= 4 is 17.5 Å². The van der Waals surface area contributed by atoms with Gasteiger partial charge in [-0.15, -0.1) is 0 Å². The summed E-state index contributed by atoms with van der Waals surface area (Å²) in [6, 6.07) is 5.75. The van der Waals surface area contributed by atoms with Gasteiger partial charge in [0.15, 0.2) is 6.54 Å². The van der Waals surface area contributed by atoms with Crippen molar-refractivity contribution < 1.29 is 18.9 Å². The first-order chi connectivity index (χ1) is 11.0. The van der Waals surface area contributed by atoms with E-state index in [-0.39, 0.29) is 23.5 Å². The number of carbonyl (C=O) groups is 2. The van der Waals surface area contributed by atoms with Gasteiger partial charge in [-0.05, 0) is 36.6 Å². The molecule has 5 nitrogen and oxygen atoms in total. The van der Waals surface area contributed by atoms with Gasteiger partial charge in [-0.3, -0.25) is 9.59 Å². The standard InChI is InChI=1S/C17H22FN3O2/c1-12-10-15(12)17(23)21-8-6-20(7-9-21)11-16(22)19-14-4-2-13(18)3-5-14/h2-5,12,15H,6-11H2,1H3,(H,19,22)/p+1/t12-,15+/m0/s1. The van der Waals surface area contributed by atoms with Gasteiger partial charge in [0.05, 0.1) is 26.2 Å². The van der Waals surface area contributed by atoms with Crippen molar-refractivity contribution in [1.29, 1.82) is 0 Å². The van der Waals surface area contributed by atoms with Crippen molar-refractivity contribution in [3.05, 3.63) is 30.1 Å². The lowest BCUT2D eigenvalue weighted by Crippen LogP contribution is -3.15. The summed E-state index contributed by atoms with van der Waals surface area (Å²) in [6.07, 6.45) is 1.02. The molecule has 1 aliphatic carbocycles. The molecule has 6 heteroatoms. The number of halogens is 1. The number of anilines is 1. The molecule has 1 aromatic carbocycles. The largest absolute Gasteiger partial charge is 0.331 e. The van der Waals surface area contributed by atoms with Crippen molar-refractivity contribution in [1.82, 2.24) is 4.90 Å². The first-order valence-electron chi connectivity index (χ1n) is 8.20. The summed E-state index contributed by atoms with van der Waals surface area (Å²) in [5, 5.41) is 2.78. The number of hydrogen-bond acceptors (Lipinski definition) is 2. The number of benzene rings is 1. The molecule has 0 spiro atoms. The van der Waals surface area contributed by atoms with Crippen LogP contribution in [0.25, 0.3) is 0 Å². The minimum Gasteiger partial charge on any atom is -0.331 e. The molecule has 2 amide bonds. The van der Waals surface area contributed by atoms with Crippen molar-refractivity contribution in [2.45, 2.75) is 13.3 Å². The Balaban J connectivity index is 1.42. The molecule has 0 bridgehead atoms. The SMILES string of the molecule is C[C@H]1C[C@H]1C(=O)N1CC[NH+](CC(=O)Nc2ccc(F)cc2)CC1. The van der Waals surface area contributed by atoms with Gasteiger partial charge >= 0.3 is 0 Å². The van der Waals surface area contributed by atoms with E-state index >= 15 is 0 Å². The Labute approximate surface area is 135 Å². The predicted octanol–water partition coefficient (Wildman–Crippen LogP) is 0.147. The molecule has 0 unspecified atom stereocenters. The Morgan fingerprint density at radius 2 is 1.87 bits per heavy atom. The lowest BCUT2D eigenvalue weighted by molar-refractivity contribution is -0.895. The first kappa shape index (κ1) is 15.9. The summed E-state index contributed by atoms with van der Waals surface area (Å²) in [7, 11) is 0. The maximum absolute atomic E-state index is 12.8. The van der Waals surface area contributed by atoms with E-state index in [1.807, 2.05) is 4.90 Å². The average molecular weight is 320 g/mol. The highest BCUT2D eigenvalue weighted by atomic mass is 19.1. The summed E-state index contributed by atoms with van der Waals surface area (Å²) in [6.45, 7) is 5.53. The van der Waals surface area contributed by atoms with Gasteiger partial charge in [-0.2, -0.15) is 0 Å². The molecule has 124 valence electrons. The van der Waals surface area contributed by atoms with E-state index in [1.54, 1.807) is 12.1 Å². The fourth-order valence-corrected chi connectivity index (χ4v) is 3.09. The van der Waals surface area contributed by atoms with Crippen LogP contribution in [0.2, 0.25) is 0 Å². The van der Waals surface area contributed by atoms with Gasteiger partial charge in [0, 0.05) is 11.6 Å². The number of nitrogens with one attached hydrogen (secondary N) is 2. The second-order valence-electron chi connectivity index (χ2n) is 6.63. The van der Waals surface area contributed by atoms with E-state index in [9.17, 15) is 14.0 Å². The first-order valence-corrected chi connectivity index (χ1v) is 8.20. The Hall–Kier alpha value is -1.95. The van der Waals surface area contributed by atoms with E-state index in [2.05, 4.69) is 12.2 Å². The van der Waals surface area contributed by atoms with Crippen LogP contribution in [0, 0.1) is 17.7 Å². The van der Waals surface area contributed by atoms with Crippen LogP contribution in [0.4, 0.5) is 10.1 Å². The molecule has 0 radical (unpaired) electrons. The average Bonchev–Trinajstić information content (AvgIpc) is 3.26. The van der Waals surface area contributed by atoms with Gasteiger partial charge in [0.2, 0.25) is 5.91 Å². The third-order valence-electron chi connectivity index (χ3n) is 4.75. The van der Waals surface area contributed by atoms with Crippen LogP contribution < -0.4 is 10.2 Å². The number of nitrogens with zero attached hydrogens (tertiary/aromatic N) is 1. The molecule has 3 rings (SSSR count). The molecule has 0 aromatic heterocycles. The Bertz CT molecular complexity index is 582. The van der Waals surface area contributed by atoms with Crippen LogP contribution >= 0.6 is 0 Å². The Morgan fingerprint density at radius 3 is 2.43 bits per heavy atom. The lowest BCUT2D eigenvalue weighted by Gasteiger charge is -2.32. The van der Waals surface area contributed by atoms with Gasteiger partial charge in [0.1, 0.15) is 5.82 Å². The number of piperazine rings is 1. The highest BCUT2D eigenvalue weighted by Crippen LogP contribution is 2.39. The molecule has 1 aromatic rings. The molecule has 1 saturated heterocycles. The van der Waals surface area contributed by atoms with Crippen molar-refractivity contribution in [2.24, 2.45) is 11.8 Å². The molecular weight excluding hydrogens is 297 g/mol. The van der Waals surface area contributed by atoms with Crippen molar-refractivity contribution in [3.8, 4) is 0 Å². The lowest BCUT2D eigenvalue weighted by atomic mass is 10.2. The van der Waals surface area contributed by atoms with Crippen LogP contribution in [-0.4, -0.2) is 49.4 Å². The van der Waals surface area contributed by atoms with Crippen LogP contribution in [0.5, 0.6) is 0 Å². The number of carbonyl (C=O) groups excluding carboxylic acids is 2. The summed E-state index contributed by atoms with van der Waals surface area (Å²) < 4.78 is 12.8. The molecule has 2 aliphatic rings. The molecule has 1 saturated carbocycles. The van der Waals surface area contributed by atoms with E-state index in [0.717, 1.165) is 32.6 Å².